The molecule has 0 heterocycles. The monoisotopic (exact) mass is 1110 g/mol. The number of esters is 3. The molecule has 0 aromatic heterocycles. The Morgan fingerprint density at radius 3 is 0.812 bits per heavy atom. The second-order valence-corrected chi connectivity index (χ2v) is 22.0. The van der Waals surface area contributed by atoms with Crippen molar-refractivity contribution in [3.63, 3.8) is 0 Å². The van der Waals surface area contributed by atoms with Crippen molar-refractivity contribution in [2.75, 3.05) is 13.2 Å². The molecular weight excluding hydrogens is 985 g/mol. The smallest absolute Gasteiger partial charge is 0.306 e. The van der Waals surface area contributed by atoms with Crippen molar-refractivity contribution in [3.8, 4) is 0 Å². The minimum Gasteiger partial charge on any atom is -0.462 e. The fourth-order valence-corrected chi connectivity index (χ4v) is 9.14. The maximum atomic E-state index is 12.9. The van der Waals surface area contributed by atoms with E-state index in [9.17, 15) is 14.4 Å². The zero-order valence-corrected chi connectivity index (χ0v) is 52.3. The minimum absolute atomic E-state index is 0.0905. The Balaban J connectivity index is 4.36. The van der Waals surface area contributed by atoms with E-state index in [2.05, 4.69) is 142 Å². The lowest BCUT2D eigenvalue weighted by molar-refractivity contribution is -0.167. The van der Waals surface area contributed by atoms with Gasteiger partial charge in [-0.3, -0.25) is 14.4 Å². The molecule has 0 aromatic rings. The molecule has 456 valence electrons. The lowest BCUT2D eigenvalue weighted by Gasteiger charge is -2.18. The summed E-state index contributed by atoms with van der Waals surface area (Å²) in [4.78, 5) is 38.4. The minimum atomic E-state index is -0.794. The van der Waals surface area contributed by atoms with Crippen LogP contribution in [0.4, 0.5) is 0 Å². The largest absolute Gasteiger partial charge is 0.462 e. The van der Waals surface area contributed by atoms with E-state index in [0.717, 1.165) is 135 Å². The fourth-order valence-electron chi connectivity index (χ4n) is 9.14. The van der Waals surface area contributed by atoms with Gasteiger partial charge in [0.2, 0.25) is 0 Å². The van der Waals surface area contributed by atoms with E-state index in [0.29, 0.717) is 19.3 Å². The van der Waals surface area contributed by atoms with E-state index in [1.807, 2.05) is 0 Å². The van der Waals surface area contributed by atoms with Gasteiger partial charge in [-0.1, -0.05) is 284 Å². The third kappa shape index (κ3) is 64.6. The first-order valence-electron chi connectivity index (χ1n) is 33.5. The molecule has 0 aliphatic rings. The van der Waals surface area contributed by atoms with Gasteiger partial charge in [0.15, 0.2) is 6.10 Å². The third-order valence-corrected chi connectivity index (χ3v) is 14.2. The molecule has 0 saturated heterocycles. The number of unbranched alkanes of at least 4 members (excludes halogenated alkanes) is 29. The van der Waals surface area contributed by atoms with Crippen molar-refractivity contribution in [2.24, 2.45) is 0 Å². The summed E-state index contributed by atoms with van der Waals surface area (Å²) in [6, 6.07) is 0. The molecule has 0 aliphatic carbocycles. The van der Waals surface area contributed by atoms with Crippen LogP contribution in [0.1, 0.15) is 310 Å². The number of allylic oxidation sites excluding steroid dienone is 20. The molecule has 0 N–H and O–H groups in total. The van der Waals surface area contributed by atoms with Gasteiger partial charge in [-0.25, -0.2) is 0 Å². The van der Waals surface area contributed by atoms with E-state index >= 15 is 0 Å². The van der Waals surface area contributed by atoms with E-state index in [1.165, 1.54) is 135 Å². The molecule has 0 rings (SSSR count). The number of ether oxygens (including phenoxy) is 3. The molecule has 0 aliphatic heterocycles. The van der Waals surface area contributed by atoms with Gasteiger partial charge in [0.25, 0.3) is 0 Å². The molecule has 0 fully saturated rings. The maximum absolute atomic E-state index is 12.9. The summed E-state index contributed by atoms with van der Waals surface area (Å²) < 4.78 is 16.9. The Labute approximate surface area is 494 Å². The molecule has 0 radical (unpaired) electrons. The van der Waals surface area contributed by atoms with Gasteiger partial charge in [0.05, 0.1) is 0 Å². The van der Waals surface area contributed by atoms with Gasteiger partial charge in [-0.05, 0) is 128 Å². The van der Waals surface area contributed by atoms with Crippen LogP contribution in [0, 0.1) is 0 Å². The summed E-state index contributed by atoms with van der Waals surface area (Å²) in [7, 11) is 0. The number of hydrogen-bond acceptors (Lipinski definition) is 6. The quantitative estimate of drug-likeness (QED) is 0.0261. The molecule has 6 heteroatoms. The summed E-state index contributed by atoms with van der Waals surface area (Å²) in [5, 5.41) is 0. The predicted octanol–water partition coefficient (Wildman–Crippen LogP) is 23.2. The molecule has 6 nitrogen and oxygen atoms in total. The highest BCUT2D eigenvalue weighted by Crippen LogP contribution is 2.16. The van der Waals surface area contributed by atoms with Gasteiger partial charge >= 0.3 is 17.9 Å². The van der Waals surface area contributed by atoms with Crippen molar-refractivity contribution >= 4 is 17.9 Å². The first-order chi connectivity index (χ1) is 39.5. The number of rotatable bonds is 60. The van der Waals surface area contributed by atoms with Gasteiger partial charge in [0.1, 0.15) is 13.2 Å². The van der Waals surface area contributed by atoms with Crippen molar-refractivity contribution in [1.29, 1.82) is 0 Å². The van der Waals surface area contributed by atoms with E-state index in [-0.39, 0.29) is 31.1 Å². The second-order valence-electron chi connectivity index (χ2n) is 22.0. The van der Waals surface area contributed by atoms with Gasteiger partial charge in [-0.2, -0.15) is 0 Å². The first kappa shape index (κ1) is 75.8. The highest BCUT2D eigenvalue weighted by Gasteiger charge is 2.19. The molecule has 0 spiro atoms. The molecule has 0 saturated carbocycles. The topological polar surface area (TPSA) is 78.9 Å². The summed E-state index contributed by atoms with van der Waals surface area (Å²) in [5.74, 6) is -0.909. The number of carbonyl (C=O) groups excluding carboxylic acids is 3. The highest BCUT2D eigenvalue weighted by molar-refractivity contribution is 5.71. The Bertz CT molecular complexity index is 1650. The van der Waals surface area contributed by atoms with Gasteiger partial charge in [0, 0.05) is 19.3 Å². The SMILES string of the molecule is CC/C=C\C/C=C\C/C=C\C/C=C\C/C=C\C/C=C\C/C=C\CCCCCCCCCC(=O)OCC(COC(=O)CCCCCCC/C=C\C/C=C\CCCC)OC(=O)CCCCCCCCCCC/C=C\CCCCCCCC. The zero-order chi connectivity index (χ0) is 57.8. The van der Waals surface area contributed by atoms with Crippen LogP contribution in [0.5, 0.6) is 0 Å². The Morgan fingerprint density at radius 2 is 0.500 bits per heavy atom. The normalized spacial score (nSPS) is 12.9. The van der Waals surface area contributed by atoms with Crippen LogP contribution in [-0.4, -0.2) is 37.2 Å². The first-order valence-corrected chi connectivity index (χ1v) is 33.5. The molecule has 80 heavy (non-hydrogen) atoms. The third-order valence-electron chi connectivity index (χ3n) is 14.2. The van der Waals surface area contributed by atoms with Crippen LogP contribution in [-0.2, 0) is 28.6 Å². The fraction of sp³-hybridized carbons (Fsp3) is 0.689. The Morgan fingerprint density at radius 1 is 0.263 bits per heavy atom. The van der Waals surface area contributed by atoms with Crippen molar-refractivity contribution in [2.45, 2.75) is 316 Å². The average Bonchev–Trinajstić information content (AvgIpc) is 3.46. The van der Waals surface area contributed by atoms with Crippen LogP contribution < -0.4 is 0 Å². The average molecular weight is 1110 g/mol. The predicted molar refractivity (Wildman–Crippen MR) is 348 cm³/mol. The summed E-state index contributed by atoms with van der Waals surface area (Å²) in [6.07, 6.45) is 93.5. The van der Waals surface area contributed by atoms with Crippen LogP contribution in [0.3, 0.4) is 0 Å². The van der Waals surface area contributed by atoms with Crippen LogP contribution in [0.25, 0.3) is 0 Å². The maximum Gasteiger partial charge on any atom is 0.306 e. The Hall–Kier alpha value is -4.19. The molecule has 0 amide bonds. The van der Waals surface area contributed by atoms with Gasteiger partial charge in [-0.15, -0.1) is 0 Å². The summed E-state index contributed by atoms with van der Waals surface area (Å²) >= 11 is 0. The molecular formula is C74H124O6. The molecule has 1 atom stereocenters. The number of hydrogen-bond donors (Lipinski definition) is 0. The van der Waals surface area contributed by atoms with Gasteiger partial charge < -0.3 is 14.2 Å². The van der Waals surface area contributed by atoms with Crippen LogP contribution >= 0.6 is 0 Å². The van der Waals surface area contributed by atoms with Crippen LogP contribution in [0.2, 0.25) is 0 Å². The van der Waals surface area contributed by atoms with Crippen molar-refractivity contribution < 1.29 is 28.6 Å². The standard InChI is InChI=1S/C74H124O6/c1-4-7-10-13-16-19-22-25-28-30-32-33-34-35-36-37-38-39-40-41-43-44-46-49-52-55-58-61-64-67-73(76)79-70-71(69-78-72(75)66-63-60-57-54-51-48-27-24-21-18-15-12-9-6-3)80-74(77)68-65-62-59-56-53-50-47-45-42-31-29-26-23-20-17-14-11-8-5-2/h7,10,15-16,18-19,24-29,32-33,35-36,38-39,41,43,71H,4-6,8-9,11-14,17,20-23,30-31,34,37,40,42,44-70H2,1-3H3/b10-7-,18-15-,19-16-,27-24-,28-25-,29-26-,33-32-,36-35-,39-38-,43-41-. The Kier molecular flexibility index (Phi) is 63.8. The van der Waals surface area contributed by atoms with Crippen molar-refractivity contribution in [1.82, 2.24) is 0 Å². The van der Waals surface area contributed by atoms with Crippen molar-refractivity contribution in [3.05, 3.63) is 122 Å². The second kappa shape index (κ2) is 67.3. The lowest BCUT2D eigenvalue weighted by atomic mass is 10.1. The lowest BCUT2D eigenvalue weighted by Crippen LogP contribution is -2.30. The van der Waals surface area contributed by atoms with Crippen LogP contribution in [0.15, 0.2) is 122 Å². The molecule has 0 aromatic carbocycles. The summed E-state index contributed by atoms with van der Waals surface area (Å²) in [5.41, 5.74) is 0. The summed E-state index contributed by atoms with van der Waals surface area (Å²) in [6.45, 7) is 6.48. The number of carbonyl (C=O) groups is 3. The van der Waals surface area contributed by atoms with E-state index in [4.69, 9.17) is 14.2 Å². The zero-order valence-electron chi connectivity index (χ0n) is 52.3. The molecule has 0 bridgehead atoms. The van der Waals surface area contributed by atoms with E-state index in [1.54, 1.807) is 0 Å². The highest BCUT2D eigenvalue weighted by atomic mass is 16.6. The molecule has 1 unspecified atom stereocenters. The van der Waals surface area contributed by atoms with E-state index < -0.39 is 6.10 Å².